The molecule has 3 rings (SSSR count). The third kappa shape index (κ3) is 1.71. The number of piperidine rings is 1. The Hall–Kier alpha value is -1.15. The van der Waals surface area contributed by atoms with Crippen molar-refractivity contribution < 1.29 is 4.79 Å². The molecule has 18 heavy (non-hydrogen) atoms. The minimum atomic E-state index is 0.251. The van der Waals surface area contributed by atoms with Crippen LogP contribution in [0.3, 0.4) is 0 Å². The molecule has 0 radical (unpaired) electrons. The second-order valence-corrected chi connectivity index (χ2v) is 6.41. The van der Waals surface area contributed by atoms with Crippen LogP contribution < -0.4 is 0 Å². The van der Waals surface area contributed by atoms with Gasteiger partial charge in [-0.3, -0.25) is 9.69 Å². The van der Waals surface area contributed by atoms with E-state index in [1.807, 2.05) is 30.3 Å². The second kappa shape index (κ2) is 3.92. The zero-order valence-electron chi connectivity index (χ0n) is 11.4. The van der Waals surface area contributed by atoms with Crippen LogP contribution in [0.1, 0.15) is 31.1 Å². The quantitative estimate of drug-likeness (QED) is 0.761. The number of carbonyl (C=O) groups is 1. The Morgan fingerprint density at radius 2 is 2.00 bits per heavy atom. The summed E-state index contributed by atoms with van der Waals surface area (Å²) in [4.78, 5) is 14.5. The first-order chi connectivity index (χ1) is 8.51. The molecule has 1 aromatic rings. The molecule has 2 nitrogen and oxygen atoms in total. The molecule has 0 bridgehead atoms. The molecule has 1 aliphatic heterocycles. The molecule has 0 amide bonds. The standard InChI is InChI=1S/C16H21NO/c1-11-15-13(16(15,2)3)9-17(11)10-14(18)12-7-5-4-6-8-12/h4-8,11,13,15H,9-10H2,1-3H3/t11-,13+,15-/m1/s1. The maximum absolute atomic E-state index is 12.2. The fourth-order valence-electron chi connectivity index (χ4n) is 3.85. The largest absolute Gasteiger partial charge is 0.293 e. The van der Waals surface area contributed by atoms with Gasteiger partial charge in [0.05, 0.1) is 6.54 Å². The van der Waals surface area contributed by atoms with Crippen molar-refractivity contribution in [3.63, 3.8) is 0 Å². The number of ketones is 1. The van der Waals surface area contributed by atoms with E-state index >= 15 is 0 Å². The average Bonchev–Trinajstić information content (AvgIpc) is 2.71. The van der Waals surface area contributed by atoms with E-state index in [2.05, 4.69) is 25.7 Å². The van der Waals surface area contributed by atoms with Crippen LogP contribution in [0, 0.1) is 17.3 Å². The summed E-state index contributed by atoms with van der Waals surface area (Å²) < 4.78 is 0. The molecule has 0 spiro atoms. The molecule has 2 aliphatic rings. The van der Waals surface area contributed by atoms with Crippen molar-refractivity contribution in [1.29, 1.82) is 0 Å². The topological polar surface area (TPSA) is 20.3 Å². The van der Waals surface area contributed by atoms with Gasteiger partial charge in [-0.15, -0.1) is 0 Å². The number of nitrogens with zero attached hydrogens (tertiary/aromatic N) is 1. The highest BCUT2D eigenvalue weighted by Gasteiger charge is 2.65. The minimum absolute atomic E-state index is 0.251. The van der Waals surface area contributed by atoms with Crippen molar-refractivity contribution in [3.05, 3.63) is 35.9 Å². The van der Waals surface area contributed by atoms with Crippen LogP contribution in [-0.2, 0) is 0 Å². The Morgan fingerprint density at radius 3 is 2.56 bits per heavy atom. The molecule has 1 saturated heterocycles. The highest BCUT2D eigenvalue weighted by molar-refractivity contribution is 5.97. The lowest BCUT2D eigenvalue weighted by atomic mass is 10.0. The molecule has 96 valence electrons. The van der Waals surface area contributed by atoms with Crippen LogP contribution in [0.4, 0.5) is 0 Å². The maximum Gasteiger partial charge on any atom is 0.176 e. The fourth-order valence-corrected chi connectivity index (χ4v) is 3.85. The number of benzene rings is 1. The van der Waals surface area contributed by atoms with Crippen LogP contribution in [0.5, 0.6) is 0 Å². The Kier molecular flexibility index (Phi) is 2.60. The lowest BCUT2D eigenvalue weighted by Gasteiger charge is -2.27. The number of carbonyl (C=O) groups excluding carboxylic acids is 1. The minimum Gasteiger partial charge on any atom is -0.293 e. The smallest absolute Gasteiger partial charge is 0.176 e. The van der Waals surface area contributed by atoms with Gasteiger partial charge in [-0.2, -0.15) is 0 Å². The van der Waals surface area contributed by atoms with Crippen LogP contribution in [0.25, 0.3) is 0 Å². The predicted octanol–water partition coefficient (Wildman–Crippen LogP) is 2.85. The lowest BCUT2D eigenvalue weighted by molar-refractivity contribution is 0.0896. The molecule has 0 aromatic heterocycles. The van der Waals surface area contributed by atoms with Crippen LogP contribution >= 0.6 is 0 Å². The molecule has 0 unspecified atom stereocenters. The molecule has 1 heterocycles. The predicted molar refractivity (Wildman–Crippen MR) is 72.6 cm³/mol. The molecule has 1 saturated carbocycles. The summed E-state index contributed by atoms with van der Waals surface area (Å²) in [5, 5.41) is 0. The molecule has 2 heteroatoms. The molecule has 2 fully saturated rings. The van der Waals surface area contributed by atoms with Gasteiger partial charge in [0.25, 0.3) is 0 Å². The molecular weight excluding hydrogens is 222 g/mol. The molecular formula is C16H21NO. The molecule has 3 atom stereocenters. The summed E-state index contributed by atoms with van der Waals surface area (Å²) in [6.45, 7) is 8.66. The summed E-state index contributed by atoms with van der Waals surface area (Å²) in [7, 11) is 0. The second-order valence-electron chi connectivity index (χ2n) is 6.41. The summed E-state index contributed by atoms with van der Waals surface area (Å²) in [5.41, 5.74) is 1.34. The first kappa shape index (κ1) is 11.9. The van der Waals surface area contributed by atoms with Crippen molar-refractivity contribution in [2.75, 3.05) is 13.1 Å². The van der Waals surface area contributed by atoms with Gasteiger partial charge in [-0.05, 0) is 24.2 Å². The normalized spacial score (nSPS) is 33.2. The number of hydrogen-bond acceptors (Lipinski definition) is 2. The zero-order valence-corrected chi connectivity index (χ0v) is 11.4. The van der Waals surface area contributed by atoms with Gasteiger partial charge in [0.2, 0.25) is 0 Å². The molecule has 1 aromatic carbocycles. The van der Waals surface area contributed by atoms with Gasteiger partial charge in [0.15, 0.2) is 5.78 Å². The van der Waals surface area contributed by atoms with E-state index in [0.717, 1.165) is 23.9 Å². The van der Waals surface area contributed by atoms with E-state index in [4.69, 9.17) is 0 Å². The zero-order chi connectivity index (χ0) is 12.9. The van der Waals surface area contributed by atoms with E-state index in [1.54, 1.807) is 0 Å². The van der Waals surface area contributed by atoms with Crippen LogP contribution in [-0.4, -0.2) is 29.8 Å². The third-order valence-electron chi connectivity index (χ3n) is 5.11. The van der Waals surface area contributed by atoms with E-state index in [1.165, 1.54) is 0 Å². The Bertz CT molecular complexity index is 465. The first-order valence-electron chi connectivity index (χ1n) is 6.84. The van der Waals surface area contributed by atoms with E-state index in [9.17, 15) is 4.79 Å². The van der Waals surface area contributed by atoms with Crippen molar-refractivity contribution in [3.8, 4) is 0 Å². The first-order valence-corrected chi connectivity index (χ1v) is 6.84. The number of rotatable bonds is 3. The van der Waals surface area contributed by atoms with Gasteiger partial charge < -0.3 is 0 Å². The van der Waals surface area contributed by atoms with E-state index in [-0.39, 0.29) is 5.78 Å². The summed E-state index contributed by atoms with van der Waals surface area (Å²) in [6.07, 6.45) is 0. The highest BCUT2D eigenvalue weighted by Crippen LogP contribution is 2.64. The number of Topliss-reactive ketones (excluding diaryl/α,β-unsaturated/α-hetero) is 1. The molecule has 0 N–H and O–H groups in total. The number of likely N-dealkylation sites (tertiary alicyclic amines) is 1. The van der Waals surface area contributed by atoms with Crippen molar-refractivity contribution >= 4 is 5.78 Å². The summed E-state index contributed by atoms with van der Waals surface area (Å²) in [5.74, 6) is 1.85. The highest BCUT2D eigenvalue weighted by atomic mass is 16.1. The fraction of sp³-hybridized carbons (Fsp3) is 0.562. The van der Waals surface area contributed by atoms with Crippen LogP contribution in [0.15, 0.2) is 30.3 Å². The third-order valence-corrected chi connectivity index (χ3v) is 5.11. The van der Waals surface area contributed by atoms with Gasteiger partial charge in [-0.25, -0.2) is 0 Å². The van der Waals surface area contributed by atoms with Crippen molar-refractivity contribution in [2.45, 2.75) is 26.8 Å². The monoisotopic (exact) mass is 243 g/mol. The van der Waals surface area contributed by atoms with E-state index in [0.29, 0.717) is 18.0 Å². The summed E-state index contributed by atoms with van der Waals surface area (Å²) >= 11 is 0. The van der Waals surface area contributed by atoms with Gasteiger partial charge in [0.1, 0.15) is 0 Å². The van der Waals surface area contributed by atoms with Gasteiger partial charge in [0, 0.05) is 18.2 Å². The number of hydrogen-bond donors (Lipinski definition) is 0. The SMILES string of the molecule is C[C@@H]1[C@@H]2[C@H](CN1CC(=O)c1ccccc1)C2(C)C. The Balaban J connectivity index is 1.65. The van der Waals surface area contributed by atoms with Crippen LogP contribution in [0.2, 0.25) is 0 Å². The maximum atomic E-state index is 12.2. The van der Waals surface area contributed by atoms with Crippen molar-refractivity contribution in [1.82, 2.24) is 4.90 Å². The van der Waals surface area contributed by atoms with Crippen molar-refractivity contribution in [2.24, 2.45) is 17.3 Å². The Morgan fingerprint density at radius 1 is 1.33 bits per heavy atom. The Labute approximate surface area is 109 Å². The van der Waals surface area contributed by atoms with Gasteiger partial charge >= 0.3 is 0 Å². The van der Waals surface area contributed by atoms with Gasteiger partial charge in [-0.1, -0.05) is 44.2 Å². The molecule has 1 aliphatic carbocycles. The average molecular weight is 243 g/mol. The van der Waals surface area contributed by atoms with E-state index < -0.39 is 0 Å². The lowest BCUT2D eigenvalue weighted by Crippen LogP contribution is -2.37. The number of fused-ring (bicyclic) bond motifs is 1. The summed E-state index contributed by atoms with van der Waals surface area (Å²) in [6, 6.07) is 10.2.